The molecule has 3 nitrogen and oxygen atoms in total. The van der Waals surface area contributed by atoms with Crippen molar-refractivity contribution in [3.8, 4) is 0 Å². The van der Waals surface area contributed by atoms with Gasteiger partial charge in [-0.2, -0.15) is 0 Å². The van der Waals surface area contributed by atoms with E-state index in [1.807, 2.05) is 17.8 Å². The summed E-state index contributed by atoms with van der Waals surface area (Å²) in [6.07, 6.45) is 4.57. The summed E-state index contributed by atoms with van der Waals surface area (Å²) in [5, 5.41) is 0. The molecule has 0 saturated carbocycles. The van der Waals surface area contributed by atoms with Gasteiger partial charge in [-0.1, -0.05) is 0 Å². The van der Waals surface area contributed by atoms with Crippen LogP contribution in [-0.2, 0) is 13.5 Å². The monoisotopic (exact) mass is 125 g/mol. The van der Waals surface area contributed by atoms with Gasteiger partial charge in [0.15, 0.2) is 0 Å². The first-order valence-electron chi connectivity index (χ1n) is 3.01. The van der Waals surface area contributed by atoms with Crippen molar-refractivity contribution in [3.63, 3.8) is 0 Å². The number of aryl methyl sites for hydroxylation is 1. The van der Waals surface area contributed by atoms with Crippen LogP contribution in [-0.4, -0.2) is 16.1 Å². The third-order valence-corrected chi connectivity index (χ3v) is 1.29. The minimum absolute atomic E-state index is 0.671. The van der Waals surface area contributed by atoms with Crippen molar-refractivity contribution in [1.29, 1.82) is 0 Å². The zero-order valence-electron chi connectivity index (χ0n) is 5.54. The Balaban J connectivity index is 2.69. The Bertz CT molecular complexity index is 180. The molecule has 50 valence electrons. The fourth-order valence-electron chi connectivity index (χ4n) is 0.766. The lowest BCUT2D eigenvalue weighted by Gasteiger charge is -1.96. The minimum atomic E-state index is 0.671. The Morgan fingerprint density at radius 2 is 2.56 bits per heavy atom. The first-order chi connectivity index (χ1) is 4.34. The van der Waals surface area contributed by atoms with Gasteiger partial charge in [-0.3, -0.25) is 0 Å². The summed E-state index contributed by atoms with van der Waals surface area (Å²) in [7, 11) is 1.97. The number of hydrogen-bond acceptors (Lipinski definition) is 2. The van der Waals surface area contributed by atoms with Gasteiger partial charge >= 0.3 is 0 Å². The maximum absolute atomic E-state index is 5.34. The van der Waals surface area contributed by atoms with Crippen LogP contribution in [0.15, 0.2) is 12.4 Å². The van der Waals surface area contributed by atoms with E-state index in [0.29, 0.717) is 6.54 Å². The standard InChI is InChI=1S/C6H11N3/c1-9-5-4-8-6(9)2-3-7/h4-5H,2-3,7H2,1H3. The van der Waals surface area contributed by atoms with Crippen LogP contribution >= 0.6 is 0 Å². The summed E-state index contributed by atoms with van der Waals surface area (Å²) in [4.78, 5) is 4.09. The van der Waals surface area contributed by atoms with Gasteiger partial charge in [0.2, 0.25) is 0 Å². The number of nitrogens with two attached hydrogens (primary N) is 1. The molecule has 0 aliphatic carbocycles. The van der Waals surface area contributed by atoms with E-state index in [4.69, 9.17) is 5.73 Å². The van der Waals surface area contributed by atoms with Crippen molar-refractivity contribution < 1.29 is 0 Å². The van der Waals surface area contributed by atoms with Crippen LogP contribution in [0.3, 0.4) is 0 Å². The molecule has 3 heteroatoms. The molecule has 1 aromatic rings. The molecule has 0 bridgehead atoms. The summed E-state index contributed by atoms with van der Waals surface area (Å²) >= 11 is 0. The molecule has 0 amide bonds. The van der Waals surface area contributed by atoms with Crippen LogP contribution in [0.1, 0.15) is 5.82 Å². The molecular formula is C6H11N3. The second-order valence-corrected chi connectivity index (χ2v) is 1.99. The molecule has 0 atom stereocenters. The topological polar surface area (TPSA) is 43.8 Å². The van der Waals surface area contributed by atoms with Crippen molar-refractivity contribution in [1.82, 2.24) is 9.55 Å². The van der Waals surface area contributed by atoms with Gasteiger partial charge in [0.1, 0.15) is 5.82 Å². The zero-order valence-corrected chi connectivity index (χ0v) is 5.54. The average Bonchev–Trinajstić information content (AvgIpc) is 2.18. The van der Waals surface area contributed by atoms with Crippen molar-refractivity contribution >= 4 is 0 Å². The molecule has 0 unspecified atom stereocenters. The lowest BCUT2D eigenvalue weighted by Crippen LogP contribution is -2.07. The maximum atomic E-state index is 5.34. The quantitative estimate of drug-likeness (QED) is 0.601. The normalized spacial score (nSPS) is 10.0. The van der Waals surface area contributed by atoms with Crippen molar-refractivity contribution in [2.75, 3.05) is 6.54 Å². The second kappa shape index (κ2) is 2.64. The Hall–Kier alpha value is -0.830. The Kier molecular flexibility index (Phi) is 1.85. The van der Waals surface area contributed by atoms with Gasteiger partial charge in [-0.05, 0) is 6.54 Å². The summed E-state index contributed by atoms with van der Waals surface area (Å²) < 4.78 is 1.98. The van der Waals surface area contributed by atoms with E-state index < -0.39 is 0 Å². The Morgan fingerprint density at radius 3 is 3.00 bits per heavy atom. The van der Waals surface area contributed by atoms with E-state index in [1.54, 1.807) is 6.20 Å². The maximum Gasteiger partial charge on any atom is 0.109 e. The molecule has 0 aliphatic rings. The average molecular weight is 125 g/mol. The van der Waals surface area contributed by atoms with Gasteiger partial charge in [-0.25, -0.2) is 4.98 Å². The van der Waals surface area contributed by atoms with Crippen molar-refractivity contribution in [3.05, 3.63) is 18.2 Å². The minimum Gasteiger partial charge on any atom is -0.338 e. The van der Waals surface area contributed by atoms with Gasteiger partial charge in [0.05, 0.1) is 0 Å². The van der Waals surface area contributed by atoms with E-state index in [1.165, 1.54) is 0 Å². The number of hydrogen-bond donors (Lipinski definition) is 1. The van der Waals surface area contributed by atoms with Gasteiger partial charge in [-0.15, -0.1) is 0 Å². The number of aromatic nitrogens is 2. The van der Waals surface area contributed by atoms with E-state index in [-0.39, 0.29) is 0 Å². The first kappa shape index (κ1) is 6.29. The van der Waals surface area contributed by atoms with Crippen LogP contribution in [0.4, 0.5) is 0 Å². The van der Waals surface area contributed by atoms with Gasteiger partial charge in [0, 0.05) is 25.9 Å². The first-order valence-corrected chi connectivity index (χ1v) is 3.01. The highest BCUT2D eigenvalue weighted by molar-refractivity contribution is 4.90. The molecule has 9 heavy (non-hydrogen) atoms. The summed E-state index contributed by atoms with van der Waals surface area (Å²) in [6, 6.07) is 0. The molecule has 1 heterocycles. The third-order valence-electron chi connectivity index (χ3n) is 1.29. The lowest BCUT2D eigenvalue weighted by molar-refractivity contribution is 0.778. The second-order valence-electron chi connectivity index (χ2n) is 1.99. The summed E-state index contributed by atoms with van der Waals surface area (Å²) in [5.74, 6) is 1.05. The molecule has 0 spiro atoms. The van der Waals surface area contributed by atoms with E-state index in [0.717, 1.165) is 12.2 Å². The predicted octanol–water partition coefficient (Wildman–Crippen LogP) is -0.0787. The fraction of sp³-hybridized carbons (Fsp3) is 0.500. The van der Waals surface area contributed by atoms with Crippen molar-refractivity contribution in [2.24, 2.45) is 12.8 Å². The molecule has 1 aromatic heterocycles. The number of imidazole rings is 1. The zero-order chi connectivity index (χ0) is 6.69. The smallest absolute Gasteiger partial charge is 0.109 e. The SMILES string of the molecule is Cn1ccnc1CCN. The van der Waals surface area contributed by atoms with Gasteiger partial charge in [0.25, 0.3) is 0 Å². The number of rotatable bonds is 2. The summed E-state index contributed by atoms with van der Waals surface area (Å²) in [6.45, 7) is 0.671. The largest absolute Gasteiger partial charge is 0.338 e. The molecule has 1 rings (SSSR count). The molecule has 0 aromatic carbocycles. The molecule has 0 aliphatic heterocycles. The van der Waals surface area contributed by atoms with Crippen molar-refractivity contribution in [2.45, 2.75) is 6.42 Å². The molecule has 0 fully saturated rings. The van der Waals surface area contributed by atoms with Crippen LogP contribution in [0, 0.1) is 0 Å². The molecular weight excluding hydrogens is 114 g/mol. The van der Waals surface area contributed by atoms with Crippen LogP contribution in [0.2, 0.25) is 0 Å². The van der Waals surface area contributed by atoms with Gasteiger partial charge < -0.3 is 10.3 Å². The van der Waals surface area contributed by atoms with E-state index in [2.05, 4.69) is 4.98 Å². The Labute approximate surface area is 54.5 Å². The van der Waals surface area contributed by atoms with Crippen LogP contribution < -0.4 is 5.73 Å². The molecule has 0 saturated heterocycles. The predicted molar refractivity (Wildman–Crippen MR) is 36.0 cm³/mol. The van der Waals surface area contributed by atoms with E-state index in [9.17, 15) is 0 Å². The number of nitrogens with zero attached hydrogens (tertiary/aromatic N) is 2. The van der Waals surface area contributed by atoms with Crippen LogP contribution in [0.5, 0.6) is 0 Å². The molecule has 2 N–H and O–H groups in total. The van der Waals surface area contributed by atoms with Crippen LogP contribution in [0.25, 0.3) is 0 Å². The third kappa shape index (κ3) is 1.29. The highest BCUT2D eigenvalue weighted by Crippen LogP contribution is 1.92. The highest BCUT2D eigenvalue weighted by Gasteiger charge is 1.93. The fourth-order valence-corrected chi connectivity index (χ4v) is 0.766. The summed E-state index contributed by atoms with van der Waals surface area (Å²) in [5.41, 5.74) is 5.34. The lowest BCUT2D eigenvalue weighted by atomic mass is 10.4. The highest BCUT2D eigenvalue weighted by atomic mass is 15.0. The Morgan fingerprint density at radius 1 is 1.78 bits per heavy atom. The molecule has 0 radical (unpaired) electrons. The van der Waals surface area contributed by atoms with E-state index >= 15 is 0 Å².